The molecule has 0 radical (unpaired) electrons. The van der Waals surface area contributed by atoms with E-state index in [0.717, 1.165) is 19.6 Å². The smallest absolute Gasteiger partial charge is 0.0595 e. The van der Waals surface area contributed by atoms with Crippen LogP contribution < -0.4 is 5.73 Å². The zero-order valence-electron chi connectivity index (χ0n) is 9.58. The third kappa shape index (κ3) is 2.33. The number of piperidine rings is 1. The largest absolute Gasteiger partial charge is 0.381 e. The van der Waals surface area contributed by atoms with Crippen molar-refractivity contribution in [2.24, 2.45) is 5.73 Å². The van der Waals surface area contributed by atoms with Gasteiger partial charge in [-0.3, -0.25) is 4.90 Å². The number of thioether (sulfide) groups is 1. The van der Waals surface area contributed by atoms with Gasteiger partial charge in [-0.05, 0) is 25.0 Å². The molecule has 0 aromatic rings. The van der Waals surface area contributed by atoms with E-state index in [-0.39, 0.29) is 0 Å². The quantitative estimate of drug-likeness (QED) is 0.783. The summed E-state index contributed by atoms with van der Waals surface area (Å²) < 4.78 is 5.41. The molecule has 2 rings (SSSR count). The van der Waals surface area contributed by atoms with Crippen LogP contribution in [0.2, 0.25) is 0 Å². The first-order valence-electron chi connectivity index (χ1n) is 5.86. The summed E-state index contributed by atoms with van der Waals surface area (Å²) in [6, 6.07) is 0. The van der Waals surface area contributed by atoms with Crippen LogP contribution >= 0.6 is 11.8 Å². The van der Waals surface area contributed by atoms with Gasteiger partial charge < -0.3 is 10.5 Å². The number of hydrogen-bond acceptors (Lipinski definition) is 4. The molecular weight excluding hydrogens is 208 g/mol. The van der Waals surface area contributed by atoms with E-state index in [1.54, 1.807) is 0 Å². The first kappa shape index (κ1) is 11.7. The fraction of sp³-hybridized carbons (Fsp3) is 1.00. The number of ether oxygens (including phenoxy) is 1. The summed E-state index contributed by atoms with van der Waals surface area (Å²) in [5.74, 6) is 2.50. The van der Waals surface area contributed by atoms with Crippen molar-refractivity contribution < 1.29 is 4.74 Å². The van der Waals surface area contributed by atoms with Crippen LogP contribution in [-0.4, -0.2) is 54.8 Å². The van der Waals surface area contributed by atoms with Crippen LogP contribution in [0.5, 0.6) is 0 Å². The maximum atomic E-state index is 5.98. The van der Waals surface area contributed by atoms with Crippen molar-refractivity contribution in [3.05, 3.63) is 0 Å². The Hall–Kier alpha value is 0.230. The van der Waals surface area contributed by atoms with Crippen LogP contribution in [-0.2, 0) is 4.74 Å². The summed E-state index contributed by atoms with van der Waals surface area (Å²) >= 11 is 2.05. The predicted molar refractivity (Wildman–Crippen MR) is 65.3 cm³/mol. The highest BCUT2D eigenvalue weighted by Crippen LogP contribution is 2.34. The van der Waals surface area contributed by atoms with Gasteiger partial charge in [0.1, 0.15) is 0 Å². The minimum absolute atomic E-state index is 0.309. The molecule has 1 atom stereocenters. The summed E-state index contributed by atoms with van der Waals surface area (Å²) in [6.45, 7) is 3.14. The average molecular weight is 230 g/mol. The van der Waals surface area contributed by atoms with E-state index in [9.17, 15) is 0 Å². The lowest BCUT2D eigenvalue weighted by Gasteiger charge is -2.43. The highest BCUT2D eigenvalue weighted by Gasteiger charge is 2.40. The molecule has 2 aliphatic heterocycles. The molecule has 0 spiro atoms. The predicted octanol–water partition coefficient (Wildman–Crippen LogP) is 0.932. The number of likely N-dealkylation sites (tertiary alicyclic amines) is 1. The molecule has 2 aliphatic rings. The fourth-order valence-electron chi connectivity index (χ4n) is 2.70. The van der Waals surface area contributed by atoms with E-state index in [1.807, 2.05) is 7.11 Å². The number of methoxy groups -OCH3 is 1. The standard InChI is InChI=1S/C11H22N2OS/c1-14-10-2-5-13(6-3-10)11(8-12)4-7-15-9-11/h10H,2-9,12H2,1H3. The Morgan fingerprint density at radius 2 is 2.20 bits per heavy atom. The molecule has 0 amide bonds. The Kier molecular flexibility index (Phi) is 3.93. The van der Waals surface area contributed by atoms with Crippen molar-refractivity contribution in [3.63, 3.8) is 0 Å². The van der Waals surface area contributed by atoms with Gasteiger partial charge in [-0.1, -0.05) is 0 Å². The third-order valence-corrected chi connectivity index (χ3v) is 5.14. The number of rotatable bonds is 3. The lowest BCUT2D eigenvalue weighted by molar-refractivity contribution is 0.00586. The van der Waals surface area contributed by atoms with Crippen LogP contribution in [0.25, 0.3) is 0 Å². The summed E-state index contributed by atoms with van der Waals surface area (Å²) in [7, 11) is 1.82. The molecule has 3 nitrogen and oxygen atoms in total. The van der Waals surface area contributed by atoms with Gasteiger partial charge in [-0.15, -0.1) is 0 Å². The van der Waals surface area contributed by atoms with Crippen LogP contribution in [0.4, 0.5) is 0 Å². The van der Waals surface area contributed by atoms with Crippen molar-refractivity contribution >= 4 is 11.8 Å². The SMILES string of the molecule is COC1CCN(C2(CN)CCSC2)CC1. The number of nitrogens with zero attached hydrogens (tertiary/aromatic N) is 1. The van der Waals surface area contributed by atoms with Gasteiger partial charge in [0.25, 0.3) is 0 Å². The average Bonchev–Trinajstić information content (AvgIpc) is 2.79. The minimum atomic E-state index is 0.309. The molecule has 0 saturated carbocycles. The summed E-state index contributed by atoms with van der Waals surface area (Å²) in [4.78, 5) is 2.61. The number of nitrogens with two attached hydrogens (primary N) is 1. The fourth-order valence-corrected chi connectivity index (χ4v) is 4.20. The lowest BCUT2D eigenvalue weighted by atomic mass is 9.93. The van der Waals surface area contributed by atoms with Crippen molar-refractivity contribution in [3.8, 4) is 0 Å². The Balaban J connectivity index is 1.93. The highest BCUT2D eigenvalue weighted by molar-refractivity contribution is 7.99. The normalized spacial score (nSPS) is 34.8. The first-order valence-corrected chi connectivity index (χ1v) is 7.02. The molecule has 15 heavy (non-hydrogen) atoms. The monoisotopic (exact) mass is 230 g/mol. The van der Waals surface area contributed by atoms with Gasteiger partial charge in [0.2, 0.25) is 0 Å². The summed E-state index contributed by atoms with van der Waals surface area (Å²) in [5.41, 5.74) is 6.29. The minimum Gasteiger partial charge on any atom is -0.381 e. The lowest BCUT2D eigenvalue weighted by Crippen LogP contribution is -2.57. The molecule has 88 valence electrons. The van der Waals surface area contributed by atoms with Crippen LogP contribution in [0.15, 0.2) is 0 Å². The molecule has 0 aliphatic carbocycles. The zero-order chi connectivity index (χ0) is 10.7. The maximum Gasteiger partial charge on any atom is 0.0595 e. The van der Waals surface area contributed by atoms with Gasteiger partial charge in [0.05, 0.1) is 6.10 Å². The molecule has 2 saturated heterocycles. The van der Waals surface area contributed by atoms with Crippen molar-refractivity contribution in [2.75, 3.05) is 38.2 Å². The maximum absolute atomic E-state index is 5.98. The molecule has 0 aromatic heterocycles. The number of hydrogen-bond donors (Lipinski definition) is 1. The van der Waals surface area contributed by atoms with Gasteiger partial charge in [-0.25, -0.2) is 0 Å². The molecule has 1 unspecified atom stereocenters. The Morgan fingerprint density at radius 1 is 1.47 bits per heavy atom. The second-order valence-electron chi connectivity index (χ2n) is 4.65. The van der Waals surface area contributed by atoms with E-state index in [1.165, 1.54) is 30.8 Å². The molecule has 2 heterocycles. The van der Waals surface area contributed by atoms with Crippen molar-refractivity contribution in [1.82, 2.24) is 4.90 Å². The van der Waals surface area contributed by atoms with Gasteiger partial charge in [0, 0.05) is 38.0 Å². The molecule has 2 fully saturated rings. The summed E-state index contributed by atoms with van der Waals surface area (Å²) in [5, 5.41) is 0. The van der Waals surface area contributed by atoms with Crippen molar-refractivity contribution in [2.45, 2.75) is 30.9 Å². The molecular formula is C11H22N2OS. The van der Waals surface area contributed by atoms with Crippen LogP contribution in [0.3, 0.4) is 0 Å². The third-order valence-electron chi connectivity index (χ3n) is 3.91. The van der Waals surface area contributed by atoms with E-state index in [4.69, 9.17) is 10.5 Å². The van der Waals surface area contributed by atoms with E-state index >= 15 is 0 Å². The Morgan fingerprint density at radius 3 is 2.67 bits per heavy atom. The molecule has 4 heteroatoms. The van der Waals surface area contributed by atoms with E-state index in [2.05, 4.69) is 16.7 Å². The highest BCUT2D eigenvalue weighted by atomic mass is 32.2. The topological polar surface area (TPSA) is 38.5 Å². The van der Waals surface area contributed by atoms with Gasteiger partial charge in [-0.2, -0.15) is 11.8 Å². The molecule has 2 N–H and O–H groups in total. The van der Waals surface area contributed by atoms with E-state index in [0.29, 0.717) is 11.6 Å². The van der Waals surface area contributed by atoms with Crippen LogP contribution in [0.1, 0.15) is 19.3 Å². The zero-order valence-corrected chi connectivity index (χ0v) is 10.4. The summed E-state index contributed by atoms with van der Waals surface area (Å²) in [6.07, 6.45) is 4.09. The van der Waals surface area contributed by atoms with Gasteiger partial charge >= 0.3 is 0 Å². The molecule has 0 aromatic carbocycles. The Bertz CT molecular complexity index is 199. The van der Waals surface area contributed by atoms with Crippen molar-refractivity contribution in [1.29, 1.82) is 0 Å². The van der Waals surface area contributed by atoms with E-state index < -0.39 is 0 Å². The molecule has 0 bridgehead atoms. The van der Waals surface area contributed by atoms with Gasteiger partial charge in [0.15, 0.2) is 0 Å². The second kappa shape index (κ2) is 5.04. The Labute approximate surface area is 96.7 Å². The first-order chi connectivity index (χ1) is 7.30. The van der Waals surface area contributed by atoms with Crippen LogP contribution in [0, 0.1) is 0 Å². The second-order valence-corrected chi connectivity index (χ2v) is 5.76.